The fourth-order valence-electron chi connectivity index (χ4n) is 1.67. The van der Waals surface area contributed by atoms with Crippen LogP contribution >= 0.6 is 0 Å². The SMILES string of the molecule is CC(C)CC/C(N)=N/OCC(=O)NC(C)C1CC1. The highest BCUT2D eigenvalue weighted by molar-refractivity contribution is 5.80. The van der Waals surface area contributed by atoms with Crippen molar-refractivity contribution in [2.45, 2.75) is 52.5 Å². The maximum atomic E-state index is 11.5. The van der Waals surface area contributed by atoms with Gasteiger partial charge in [0.1, 0.15) is 5.84 Å². The van der Waals surface area contributed by atoms with Crippen molar-refractivity contribution >= 4 is 11.7 Å². The third-order valence-electron chi connectivity index (χ3n) is 3.07. The molecule has 0 bridgehead atoms. The predicted molar refractivity (Wildman–Crippen MR) is 72.0 cm³/mol. The highest BCUT2D eigenvalue weighted by Crippen LogP contribution is 2.32. The summed E-state index contributed by atoms with van der Waals surface area (Å²) >= 11 is 0. The van der Waals surface area contributed by atoms with Crippen molar-refractivity contribution in [3.63, 3.8) is 0 Å². The van der Waals surface area contributed by atoms with Crippen LogP contribution in [0.15, 0.2) is 5.16 Å². The van der Waals surface area contributed by atoms with Gasteiger partial charge < -0.3 is 15.9 Å². The lowest BCUT2D eigenvalue weighted by atomic mass is 10.1. The van der Waals surface area contributed by atoms with Crippen LogP contribution in [0.25, 0.3) is 0 Å². The Morgan fingerprint density at radius 2 is 2.11 bits per heavy atom. The third kappa shape index (κ3) is 6.47. The van der Waals surface area contributed by atoms with E-state index in [4.69, 9.17) is 10.6 Å². The minimum Gasteiger partial charge on any atom is -0.384 e. The molecule has 0 aromatic carbocycles. The van der Waals surface area contributed by atoms with Gasteiger partial charge in [0.05, 0.1) is 0 Å². The summed E-state index contributed by atoms with van der Waals surface area (Å²) in [7, 11) is 0. The zero-order valence-corrected chi connectivity index (χ0v) is 11.6. The summed E-state index contributed by atoms with van der Waals surface area (Å²) in [5.74, 6) is 1.55. The number of amides is 1. The van der Waals surface area contributed by atoms with E-state index >= 15 is 0 Å². The minimum atomic E-state index is -0.130. The maximum absolute atomic E-state index is 11.5. The lowest BCUT2D eigenvalue weighted by molar-refractivity contribution is -0.126. The molecule has 104 valence electrons. The van der Waals surface area contributed by atoms with Crippen LogP contribution in [0.2, 0.25) is 0 Å². The Hall–Kier alpha value is -1.26. The number of hydrogen-bond acceptors (Lipinski definition) is 3. The molecular weight excluding hydrogens is 230 g/mol. The van der Waals surface area contributed by atoms with Crippen molar-refractivity contribution in [3.8, 4) is 0 Å². The van der Waals surface area contributed by atoms with Crippen LogP contribution in [-0.4, -0.2) is 24.4 Å². The van der Waals surface area contributed by atoms with Crippen molar-refractivity contribution in [1.82, 2.24) is 5.32 Å². The van der Waals surface area contributed by atoms with Crippen molar-refractivity contribution in [3.05, 3.63) is 0 Å². The van der Waals surface area contributed by atoms with Crippen LogP contribution in [0.3, 0.4) is 0 Å². The molecule has 1 amide bonds. The number of nitrogens with two attached hydrogens (primary N) is 1. The summed E-state index contributed by atoms with van der Waals surface area (Å²) in [4.78, 5) is 16.4. The quantitative estimate of drug-likeness (QED) is 0.393. The van der Waals surface area contributed by atoms with Crippen LogP contribution in [-0.2, 0) is 9.63 Å². The van der Waals surface area contributed by atoms with E-state index in [9.17, 15) is 4.79 Å². The summed E-state index contributed by atoms with van der Waals surface area (Å²) in [5, 5.41) is 6.63. The summed E-state index contributed by atoms with van der Waals surface area (Å²) in [6.45, 7) is 6.22. The Labute approximate surface area is 109 Å². The highest BCUT2D eigenvalue weighted by atomic mass is 16.6. The predicted octanol–water partition coefficient (Wildman–Crippen LogP) is 1.63. The number of hydrogen-bond donors (Lipinski definition) is 2. The van der Waals surface area contributed by atoms with Gasteiger partial charge in [0.25, 0.3) is 5.91 Å². The van der Waals surface area contributed by atoms with E-state index in [-0.39, 0.29) is 18.6 Å². The second-order valence-corrected chi connectivity index (χ2v) is 5.48. The largest absolute Gasteiger partial charge is 0.384 e. The number of nitrogens with one attached hydrogen (secondary N) is 1. The Balaban J connectivity index is 2.11. The lowest BCUT2D eigenvalue weighted by Gasteiger charge is -2.11. The summed E-state index contributed by atoms with van der Waals surface area (Å²) in [6, 6.07) is 0.239. The van der Waals surface area contributed by atoms with E-state index in [1.807, 2.05) is 6.92 Å². The van der Waals surface area contributed by atoms with Gasteiger partial charge in [-0.1, -0.05) is 19.0 Å². The number of nitrogens with zero attached hydrogens (tertiary/aromatic N) is 1. The fourth-order valence-corrected chi connectivity index (χ4v) is 1.67. The summed E-state index contributed by atoms with van der Waals surface area (Å²) in [5.41, 5.74) is 5.66. The standard InChI is InChI=1S/C13H25N3O2/c1-9(2)4-7-12(14)16-18-8-13(17)15-10(3)11-5-6-11/h9-11H,4-8H2,1-3H3,(H2,14,16)(H,15,17). The molecule has 0 heterocycles. The van der Waals surface area contributed by atoms with E-state index in [1.165, 1.54) is 12.8 Å². The molecule has 0 aromatic rings. The molecule has 5 nitrogen and oxygen atoms in total. The van der Waals surface area contributed by atoms with E-state index in [1.54, 1.807) is 0 Å². The van der Waals surface area contributed by atoms with E-state index in [2.05, 4.69) is 24.3 Å². The number of rotatable bonds is 8. The molecule has 5 heteroatoms. The molecule has 0 radical (unpaired) electrons. The van der Waals surface area contributed by atoms with Gasteiger partial charge in [-0.3, -0.25) is 4.79 Å². The molecule has 0 spiro atoms. The van der Waals surface area contributed by atoms with Crippen LogP contribution in [0, 0.1) is 11.8 Å². The van der Waals surface area contributed by atoms with E-state index < -0.39 is 0 Å². The van der Waals surface area contributed by atoms with Crippen LogP contribution in [0.1, 0.15) is 46.5 Å². The zero-order chi connectivity index (χ0) is 13.5. The van der Waals surface area contributed by atoms with E-state index in [0.29, 0.717) is 24.1 Å². The van der Waals surface area contributed by atoms with Crippen LogP contribution < -0.4 is 11.1 Å². The Bertz CT molecular complexity index is 299. The van der Waals surface area contributed by atoms with Gasteiger partial charge in [-0.05, 0) is 38.0 Å². The van der Waals surface area contributed by atoms with Gasteiger partial charge in [0, 0.05) is 12.5 Å². The fraction of sp³-hybridized carbons (Fsp3) is 0.846. The molecule has 3 N–H and O–H groups in total. The monoisotopic (exact) mass is 255 g/mol. The van der Waals surface area contributed by atoms with Gasteiger partial charge in [-0.2, -0.15) is 0 Å². The van der Waals surface area contributed by atoms with Gasteiger partial charge >= 0.3 is 0 Å². The highest BCUT2D eigenvalue weighted by Gasteiger charge is 2.28. The molecule has 0 saturated heterocycles. The molecular formula is C13H25N3O2. The van der Waals surface area contributed by atoms with Gasteiger partial charge in [0.2, 0.25) is 0 Å². The number of amidine groups is 1. The first-order valence-corrected chi connectivity index (χ1v) is 6.72. The molecule has 1 unspecified atom stereocenters. The summed E-state index contributed by atoms with van der Waals surface area (Å²) in [6.07, 6.45) is 4.10. The van der Waals surface area contributed by atoms with Crippen molar-refractivity contribution in [2.75, 3.05) is 6.61 Å². The number of carbonyl (C=O) groups is 1. The van der Waals surface area contributed by atoms with Gasteiger partial charge in [0.15, 0.2) is 6.61 Å². The molecule has 1 atom stereocenters. The molecule has 1 aliphatic rings. The van der Waals surface area contributed by atoms with Crippen LogP contribution in [0.4, 0.5) is 0 Å². The Morgan fingerprint density at radius 3 is 2.67 bits per heavy atom. The van der Waals surface area contributed by atoms with Gasteiger partial charge in [-0.15, -0.1) is 0 Å². The average molecular weight is 255 g/mol. The molecule has 18 heavy (non-hydrogen) atoms. The minimum absolute atomic E-state index is 0.0561. The first-order chi connectivity index (χ1) is 8.49. The summed E-state index contributed by atoms with van der Waals surface area (Å²) < 4.78 is 0. The molecule has 1 fully saturated rings. The lowest BCUT2D eigenvalue weighted by Crippen LogP contribution is -2.36. The maximum Gasteiger partial charge on any atom is 0.260 e. The Morgan fingerprint density at radius 1 is 1.44 bits per heavy atom. The topological polar surface area (TPSA) is 76.7 Å². The Kier molecular flexibility index (Phi) is 5.95. The normalized spacial score (nSPS) is 17.7. The molecule has 0 aromatic heterocycles. The zero-order valence-electron chi connectivity index (χ0n) is 11.6. The molecule has 1 rings (SSSR count). The van der Waals surface area contributed by atoms with Gasteiger partial charge in [-0.25, -0.2) is 0 Å². The number of oxime groups is 1. The first-order valence-electron chi connectivity index (χ1n) is 6.72. The van der Waals surface area contributed by atoms with E-state index in [0.717, 1.165) is 6.42 Å². The number of carbonyl (C=O) groups excluding carboxylic acids is 1. The molecule has 1 saturated carbocycles. The second-order valence-electron chi connectivity index (χ2n) is 5.48. The first kappa shape index (κ1) is 14.8. The van der Waals surface area contributed by atoms with Crippen molar-refractivity contribution in [1.29, 1.82) is 0 Å². The molecule has 0 aliphatic heterocycles. The van der Waals surface area contributed by atoms with Crippen molar-refractivity contribution < 1.29 is 9.63 Å². The van der Waals surface area contributed by atoms with Crippen LogP contribution in [0.5, 0.6) is 0 Å². The average Bonchev–Trinajstić information content (AvgIpc) is 3.09. The third-order valence-corrected chi connectivity index (χ3v) is 3.07. The second kappa shape index (κ2) is 7.24. The smallest absolute Gasteiger partial charge is 0.260 e. The molecule has 1 aliphatic carbocycles. The van der Waals surface area contributed by atoms with Crippen molar-refractivity contribution in [2.24, 2.45) is 22.7 Å².